The summed E-state index contributed by atoms with van der Waals surface area (Å²) >= 11 is 0. The first-order valence-corrected chi connectivity index (χ1v) is 11.3. The average molecular weight is 344 g/mol. The Morgan fingerprint density at radius 1 is 0.800 bits per heavy atom. The molecule has 140 valence electrons. The molecule has 0 N–H and O–H groups in total. The van der Waals surface area contributed by atoms with Crippen LogP contribution >= 0.6 is 0 Å². The molecule has 8 atom stereocenters. The Labute approximate surface area is 154 Å². The highest BCUT2D eigenvalue weighted by molar-refractivity contribution is 6.43. The Hall–Kier alpha value is -0.0151. The Balaban J connectivity index is 1.39. The van der Waals surface area contributed by atoms with Gasteiger partial charge in [-0.1, -0.05) is 26.7 Å². The zero-order valence-corrected chi connectivity index (χ0v) is 16.6. The highest BCUT2D eigenvalue weighted by atomic mass is 16.6. The van der Waals surface area contributed by atoms with Gasteiger partial charge in [0.15, 0.2) is 0 Å². The second-order valence-corrected chi connectivity index (χ2v) is 10.7. The van der Waals surface area contributed by atoms with Gasteiger partial charge in [0, 0.05) is 0 Å². The number of fused-ring (bicyclic) bond motifs is 5. The van der Waals surface area contributed by atoms with E-state index in [-0.39, 0.29) is 7.12 Å². The molecule has 25 heavy (non-hydrogen) atoms. The molecule has 0 aromatic rings. The molecule has 0 aromatic heterocycles. The maximum absolute atomic E-state index is 6.18. The van der Waals surface area contributed by atoms with Crippen LogP contribution in [0, 0.1) is 40.4 Å². The fourth-order valence-electron chi connectivity index (χ4n) is 8.71. The van der Waals surface area contributed by atoms with E-state index in [4.69, 9.17) is 9.31 Å². The predicted molar refractivity (Wildman–Crippen MR) is 102 cm³/mol. The van der Waals surface area contributed by atoms with E-state index in [1.165, 1.54) is 64.2 Å². The summed E-state index contributed by atoms with van der Waals surface area (Å²) in [5, 5.41) is 0. The summed E-state index contributed by atoms with van der Waals surface area (Å²) < 4.78 is 12.0. The van der Waals surface area contributed by atoms with Crippen LogP contribution in [0.3, 0.4) is 0 Å². The molecule has 5 fully saturated rings. The molecule has 3 heteroatoms. The highest BCUT2D eigenvalue weighted by Crippen LogP contribution is 2.68. The molecule has 1 aliphatic heterocycles. The van der Waals surface area contributed by atoms with Crippen LogP contribution in [-0.2, 0) is 9.31 Å². The molecule has 1 heterocycles. The third-order valence-electron chi connectivity index (χ3n) is 9.97. The summed E-state index contributed by atoms with van der Waals surface area (Å²) in [6.07, 6.45) is 15.2. The molecule has 0 radical (unpaired) electrons. The smallest absolute Gasteiger partial charge is 0.409 e. The lowest BCUT2D eigenvalue weighted by atomic mass is 9.45. The maximum atomic E-state index is 6.18. The summed E-state index contributed by atoms with van der Waals surface area (Å²) in [5.41, 5.74) is 1.18. The fraction of sp³-hybridized carbons (Fsp3) is 1.00. The van der Waals surface area contributed by atoms with Crippen LogP contribution in [0.2, 0.25) is 6.82 Å². The molecule has 0 aromatic carbocycles. The number of hydrogen-bond donors (Lipinski definition) is 0. The van der Waals surface area contributed by atoms with Gasteiger partial charge in [-0.25, -0.2) is 0 Å². The Bertz CT molecular complexity index is 524. The molecule has 5 aliphatic rings. The Kier molecular flexibility index (Phi) is 4.10. The average Bonchev–Trinajstić information content (AvgIpc) is 3.16. The van der Waals surface area contributed by atoms with E-state index in [0.717, 1.165) is 36.2 Å². The van der Waals surface area contributed by atoms with Gasteiger partial charge in [0.2, 0.25) is 0 Å². The van der Waals surface area contributed by atoms with Crippen LogP contribution in [0.15, 0.2) is 0 Å². The Morgan fingerprint density at radius 2 is 1.60 bits per heavy atom. The molecule has 0 bridgehead atoms. The molecule has 4 saturated carbocycles. The third-order valence-corrected chi connectivity index (χ3v) is 9.97. The molecule has 1 saturated heterocycles. The molecule has 2 nitrogen and oxygen atoms in total. The van der Waals surface area contributed by atoms with Gasteiger partial charge in [-0.3, -0.25) is 0 Å². The van der Waals surface area contributed by atoms with Gasteiger partial charge >= 0.3 is 7.12 Å². The molecular weight excluding hydrogens is 307 g/mol. The monoisotopic (exact) mass is 344 g/mol. The lowest BCUT2D eigenvalue weighted by Crippen LogP contribution is -2.53. The topological polar surface area (TPSA) is 18.5 Å². The van der Waals surface area contributed by atoms with Crippen molar-refractivity contribution in [3.8, 4) is 0 Å². The zero-order valence-electron chi connectivity index (χ0n) is 16.6. The molecule has 4 unspecified atom stereocenters. The zero-order chi connectivity index (χ0) is 17.2. The molecule has 4 aliphatic carbocycles. The van der Waals surface area contributed by atoms with Crippen LogP contribution in [-0.4, -0.2) is 19.8 Å². The second-order valence-electron chi connectivity index (χ2n) is 10.7. The van der Waals surface area contributed by atoms with Gasteiger partial charge in [-0.15, -0.1) is 0 Å². The number of hydrogen-bond acceptors (Lipinski definition) is 2. The highest BCUT2D eigenvalue weighted by Gasteiger charge is 2.61. The SMILES string of the molecule is CB1OC[C@H](C2CCC3C4CC[C@H]5CCCC[C@]5(C)C4CC[C@@]32C)O1. The van der Waals surface area contributed by atoms with Crippen molar-refractivity contribution in [3.63, 3.8) is 0 Å². The lowest BCUT2D eigenvalue weighted by Gasteiger charge is -2.60. The van der Waals surface area contributed by atoms with Gasteiger partial charge in [-0.05, 0) is 98.6 Å². The number of rotatable bonds is 1. The van der Waals surface area contributed by atoms with E-state index in [9.17, 15) is 0 Å². The second kappa shape index (κ2) is 5.99. The third kappa shape index (κ3) is 2.44. The molecule has 0 spiro atoms. The van der Waals surface area contributed by atoms with E-state index in [2.05, 4.69) is 20.7 Å². The first-order valence-electron chi connectivity index (χ1n) is 11.3. The maximum Gasteiger partial charge on any atom is 0.453 e. The molecule has 5 rings (SSSR count). The van der Waals surface area contributed by atoms with Crippen molar-refractivity contribution in [2.45, 2.75) is 91.0 Å². The van der Waals surface area contributed by atoms with Gasteiger partial charge in [0.05, 0.1) is 12.7 Å². The van der Waals surface area contributed by atoms with Gasteiger partial charge < -0.3 is 9.31 Å². The minimum Gasteiger partial charge on any atom is -0.409 e. The summed E-state index contributed by atoms with van der Waals surface area (Å²) in [5.74, 6) is 4.75. The van der Waals surface area contributed by atoms with Crippen molar-refractivity contribution in [1.29, 1.82) is 0 Å². The molecular formula is C22H37BO2. The normalized spacial score (nSPS) is 55.6. The minimum atomic E-state index is 0.0144. The quantitative estimate of drug-likeness (QED) is 0.579. The van der Waals surface area contributed by atoms with Crippen LogP contribution in [0.1, 0.15) is 78.1 Å². The van der Waals surface area contributed by atoms with Crippen molar-refractivity contribution < 1.29 is 9.31 Å². The van der Waals surface area contributed by atoms with E-state index < -0.39 is 0 Å². The standard InChI is InChI=1S/C22H37BO2/c1-21-12-5-4-6-15(21)7-8-16-17-9-10-19(20-14-24-23(3)25-20)22(17,2)13-11-18(16)21/h15-20H,4-14H2,1-3H3/t15-,16?,17?,18?,19?,20-,21+,22+/m1/s1. The largest absolute Gasteiger partial charge is 0.453 e. The van der Waals surface area contributed by atoms with Crippen molar-refractivity contribution in [2.24, 2.45) is 40.4 Å². The lowest BCUT2D eigenvalue weighted by molar-refractivity contribution is -0.117. The van der Waals surface area contributed by atoms with E-state index >= 15 is 0 Å². The van der Waals surface area contributed by atoms with Crippen molar-refractivity contribution in [3.05, 3.63) is 0 Å². The first-order chi connectivity index (χ1) is 12.0. The van der Waals surface area contributed by atoms with E-state index in [1.54, 1.807) is 0 Å². The summed E-state index contributed by atoms with van der Waals surface area (Å²) in [6.45, 7) is 8.23. The van der Waals surface area contributed by atoms with E-state index in [1.807, 2.05) is 0 Å². The summed E-state index contributed by atoms with van der Waals surface area (Å²) in [7, 11) is 0.0144. The predicted octanol–water partition coefficient (Wildman–Crippen LogP) is 5.57. The first kappa shape index (κ1) is 17.1. The van der Waals surface area contributed by atoms with E-state index in [0.29, 0.717) is 16.9 Å². The minimum absolute atomic E-state index is 0.0144. The van der Waals surface area contributed by atoms with Crippen molar-refractivity contribution in [2.75, 3.05) is 6.61 Å². The van der Waals surface area contributed by atoms with Crippen LogP contribution < -0.4 is 0 Å². The van der Waals surface area contributed by atoms with Crippen molar-refractivity contribution in [1.82, 2.24) is 0 Å². The van der Waals surface area contributed by atoms with Crippen LogP contribution in [0.25, 0.3) is 0 Å². The fourth-order valence-corrected chi connectivity index (χ4v) is 8.71. The summed E-state index contributed by atoms with van der Waals surface area (Å²) in [6, 6.07) is 0. The van der Waals surface area contributed by atoms with Crippen LogP contribution in [0.5, 0.6) is 0 Å². The van der Waals surface area contributed by atoms with Crippen molar-refractivity contribution >= 4 is 7.12 Å². The molecule has 0 amide bonds. The summed E-state index contributed by atoms with van der Waals surface area (Å²) in [4.78, 5) is 0. The van der Waals surface area contributed by atoms with Crippen LogP contribution in [0.4, 0.5) is 0 Å². The van der Waals surface area contributed by atoms with Gasteiger partial charge in [0.25, 0.3) is 0 Å². The van der Waals surface area contributed by atoms with Gasteiger partial charge in [0.1, 0.15) is 0 Å². The van der Waals surface area contributed by atoms with Gasteiger partial charge in [-0.2, -0.15) is 0 Å². The Morgan fingerprint density at radius 3 is 2.40 bits per heavy atom.